The second-order valence-electron chi connectivity index (χ2n) is 3.24. The molecule has 0 atom stereocenters. The lowest BCUT2D eigenvalue weighted by molar-refractivity contribution is -0.385. The van der Waals surface area contributed by atoms with E-state index in [9.17, 15) is 10.1 Å². The third-order valence-electron chi connectivity index (χ3n) is 1.94. The number of halogens is 1. The van der Waals surface area contributed by atoms with Crippen LogP contribution in [0.1, 0.15) is 0 Å². The van der Waals surface area contributed by atoms with Gasteiger partial charge >= 0.3 is 0 Å². The average Bonchev–Trinajstić information content (AvgIpc) is 2.31. The van der Waals surface area contributed by atoms with Crippen molar-refractivity contribution in [3.63, 3.8) is 0 Å². The van der Waals surface area contributed by atoms with E-state index in [1.165, 1.54) is 12.1 Å². The number of rotatable bonds is 3. The van der Waals surface area contributed by atoms with E-state index < -0.39 is 4.92 Å². The van der Waals surface area contributed by atoms with Gasteiger partial charge in [0.2, 0.25) is 0 Å². The summed E-state index contributed by atoms with van der Waals surface area (Å²) in [7, 11) is 0. The molecule has 0 saturated heterocycles. The molecular formula is C10H7ClN4O2S. The van der Waals surface area contributed by atoms with Gasteiger partial charge in [-0.25, -0.2) is 9.97 Å². The minimum absolute atomic E-state index is 0.0822. The highest BCUT2D eigenvalue weighted by Crippen LogP contribution is 2.32. The van der Waals surface area contributed by atoms with Crippen molar-refractivity contribution < 1.29 is 4.92 Å². The van der Waals surface area contributed by atoms with E-state index in [4.69, 9.17) is 17.3 Å². The number of hydrogen-bond acceptors (Lipinski definition) is 6. The van der Waals surface area contributed by atoms with E-state index in [0.29, 0.717) is 15.1 Å². The van der Waals surface area contributed by atoms with Crippen LogP contribution in [0.5, 0.6) is 0 Å². The summed E-state index contributed by atoms with van der Waals surface area (Å²) < 4.78 is 0. The van der Waals surface area contributed by atoms with Crippen LogP contribution in [0.3, 0.4) is 0 Å². The van der Waals surface area contributed by atoms with E-state index in [2.05, 4.69) is 9.97 Å². The summed E-state index contributed by atoms with van der Waals surface area (Å²) in [4.78, 5) is 18.2. The van der Waals surface area contributed by atoms with Gasteiger partial charge < -0.3 is 5.73 Å². The Hall–Kier alpha value is -1.86. The smallest absolute Gasteiger partial charge is 0.275 e. The minimum atomic E-state index is -0.526. The monoisotopic (exact) mass is 282 g/mol. The normalized spacial score (nSPS) is 10.3. The first-order valence-corrected chi connectivity index (χ1v) is 5.96. The molecule has 2 aromatic rings. The van der Waals surface area contributed by atoms with E-state index in [1.54, 1.807) is 18.3 Å². The lowest BCUT2D eigenvalue weighted by Gasteiger charge is -2.03. The molecule has 0 bridgehead atoms. The fraction of sp³-hybridized carbons (Fsp3) is 0. The van der Waals surface area contributed by atoms with Crippen LogP contribution in [0.15, 0.2) is 40.5 Å². The van der Waals surface area contributed by atoms with Gasteiger partial charge in [-0.2, -0.15) is 0 Å². The lowest BCUT2D eigenvalue weighted by atomic mass is 10.4. The molecule has 18 heavy (non-hydrogen) atoms. The number of pyridine rings is 2. The topological polar surface area (TPSA) is 94.9 Å². The summed E-state index contributed by atoms with van der Waals surface area (Å²) in [5, 5.41) is 12.0. The van der Waals surface area contributed by atoms with Crippen LogP contribution in [0.25, 0.3) is 0 Å². The number of hydrogen-bond donors (Lipinski definition) is 1. The van der Waals surface area contributed by atoms with Crippen LogP contribution in [-0.2, 0) is 0 Å². The maximum absolute atomic E-state index is 10.7. The molecule has 0 unspecified atom stereocenters. The van der Waals surface area contributed by atoms with Crippen LogP contribution >= 0.6 is 23.4 Å². The van der Waals surface area contributed by atoms with Crippen LogP contribution in [0.4, 0.5) is 11.5 Å². The van der Waals surface area contributed by atoms with Crippen molar-refractivity contribution in [2.75, 3.05) is 5.73 Å². The van der Waals surface area contributed by atoms with Crippen molar-refractivity contribution in [1.29, 1.82) is 0 Å². The Kier molecular flexibility index (Phi) is 3.63. The average molecular weight is 283 g/mol. The molecule has 0 spiro atoms. The third-order valence-corrected chi connectivity index (χ3v) is 3.30. The Balaban J connectivity index is 2.35. The number of nitrogen functional groups attached to an aromatic ring is 1. The van der Waals surface area contributed by atoms with Gasteiger partial charge in [0.1, 0.15) is 15.9 Å². The molecule has 0 aromatic carbocycles. The Bertz CT molecular complexity index is 608. The van der Waals surface area contributed by atoms with E-state index in [-0.39, 0.29) is 11.5 Å². The molecule has 8 heteroatoms. The highest BCUT2D eigenvalue weighted by Gasteiger charge is 2.12. The first-order chi connectivity index (χ1) is 8.56. The number of anilines is 1. The van der Waals surface area contributed by atoms with E-state index in [0.717, 1.165) is 11.8 Å². The fourth-order valence-electron chi connectivity index (χ4n) is 1.21. The molecule has 0 fully saturated rings. The maximum Gasteiger partial charge on any atom is 0.275 e. The first-order valence-electron chi connectivity index (χ1n) is 4.76. The predicted octanol–water partition coefficient (Wildman–Crippen LogP) is 2.77. The molecule has 0 aliphatic carbocycles. The Morgan fingerprint density at radius 1 is 1.44 bits per heavy atom. The first kappa shape index (κ1) is 12.6. The minimum Gasteiger partial charge on any atom is -0.383 e. The van der Waals surface area contributed by atoms with Crippen molar-refractivity contribution in [3.8, 4) is 0 Å². The highest BCUT2D eigenvalue weighted by molar-refractivity contribution is 7.99. The van der Waals surface area contributed by atoms with Crippen LogP contribution < -0.4 is 5.73 Å². The molecule has 2 N–H and O–H groups in total. The summed E-state index contributed by atoms with van der Waals surface area (Å²) in [6.07, 6.45) is 1.58. The zero-order chi connectivity index (χ0) is 13.1. The van der Waals surface area contributed by atoms with Crippen LogP contribution in [0.2, 0.25) is 5.02 Å². The SMILES string of the molecule is Nc1cc([N+](=O)[O-])cc(Sc2ncccc2Cl)n1. The zero-order valence-corrected chi connectivity index (χ0v) is 10.5. The maximum atomic E-state index is 10.7. The second-order valence-corrected chi connectivity index (χ2v) is 4.65. The van der Waals surface area contributed by atoms with Crippen molar-refractivity contribution in [2.45, 2.75) is 10.1 Å². The fourth-order valence-corrected chi connectivity index (χ4v) is 2.26. The van der Waals surface area contributed by atoms with Gasteiger partial charge in [-0.05, 0) is 23.9 Å². The number of nitrogens with zero attached hydrogens (tertiary/aromatic N) is 3. The molecular weight excluding hydrogens is 276 g/mol. The number of aromatic nitrogens is 2. The van der Waals surface area contributed by atoms with Gasteiger partial charge in [0, 0.05) is 12.3 Å². The molecule has 2 rings (SSSR count). The van der Waals surface area contributed by atoms with Gasteiger partial charge in [0.15, 0.2) is 0 Å². The van der Waals surface area contributed by atoms with Crippen molar-refractivity contribution in [2.24, 2.45) is 0 Å². The molecule has 0 aliphatic heterocycles. The van der Waals surface area contributed by atoms with Gasteiger partial charge in [0.05, 0.1) is 16.0 Å². The summed E-state index contributed by atoms with van der Waals surface area (Å²) in [6, 6.07) is 5.90. The van der Waals surface area contributed by atoms with Gasteiger partial charge in [0.25, 0.3) is 5.69 Å². The molecule has 92 valence electrons. The lowest BCUT2D eigenvalue weighted by Crippen LogP contribution is -1.96. The number of nitro groups is 1. The largest absolute Gasteiger partial charge is 0.383 e. The summed E-state index contributed by atoms with van der Waals surface area (Å²) in [6.45, 7) is 0. The Labute approximate surface area is 111 Å². The number of nitrogens with two attached hydrogens (primary N) is 1. The van der Waals surface area contributed by atoms with E-state index >= 15 is 0 Å². The molecule has 2 heterocycles. The van der Waals surface area contributed by atoms with Crippen molar-refractivity contribution in [1.82, 2.24) is 9.97 Å². The summed E-state index contributed by atoms with van der Waals surface area (Å²) >= 11 is 7.06. The molecule has 6 nitrogen and oxygen atoms in total. The molecule has 0 amide bonds. The third kappa shape index (κ3) is 2.88. The zero-order valence-electron chi connectivity index (χ0n) is 8.91. The molecule has 2 aromatic heterocycles. The van der Waals surface area contributed by atoms with Gasteiger partial charge in [-0.3, -0.25) is 10.1 Å². The Morgan fingerprint density at radius 3 is 2.89 bits per heavy atom. The van der Waals surface area contributed by atoms with E-state index in [1.807, 2.05) is 0 Å². The van der Waals surface area contributed by atoms with Crippen LogP contribution in [-0.4, -0.2) is 14.9 Å². The van der Waals surface area contributed by atoms with Crippen molar-refractivity contribution in [3.05, 3.63) is 45.6 Å². The second kappa shape index (κ2) is 5.19. The molecule has 0 aliphatic rings. The standard InChI is InChI=1S/C10H7ClN4O2S/c11-7-2-1-3-13-10(7)18-9-5-6(15(16)17)4-8(12)14-9/h1-5H,(H2,12,14). The van der Waals surface area contributed by atoms with Crippen molar-refractivity contribution >= 4 is 34.9 Å². The summed E-state index contributed by atoms with van der Waals surface area (Å²) in [5.74, 6) is 0.0822. The van der Waals surface area contributed by atoms with Gasteiger partial charge in [-0.15, -0.1) is 0 Å². The predicted molar refractivity (Wildman–Crippen MR) is 68.7 cm³/mol. The highest BCUT2D eigenvalue weighted by atomic mass is 35.5. The quantitative estimate of drug-likeness (QED) is 0.687. The van der Waals surface area contributed by atoms with Crippen LogP contribution in [0, 0.1) is 10.1 Å². The summed E-state index contributed by atoms with van der Waals surface area (Å²) in [5.41, 5.74) is 5.39. The van der Waals surface area contributed by atoms with Gasteiger partial charge in [-0.1, -0.05) is 11.6 Å². The Morgan fingerprint density at radius 2 is 2.22 bits per heavy atom. The molecule has 0 saturated carbocycles. The molecule has 0 radical (unpaired) electrons.